The van der Waals surface area contributed by atoms with Gasteiger partial charge in [0.1, 0.15) is 0 Å². The van der Waals surface area contributed by atoms with E-state index in [1.807, 2.05) is 23.9 Å². The number of rotatable bonds is 2. The number of nitrogens with two attached hydrogens (primary N) is 1. The van der Waals surface area contributed by atoms with Gasteiger partial charge in [0.25, 0.3) is 0 Å². The van der Waals surface area contributed by atoms with E-state index < -0.39 is 0 Å². The summed E-state index contributed by atoms with van der Waals surface area (Å²) in [4.78, 5) is 4.21. The second-order valence-corrected chi connectivity index (χ2v) is 3.95. The van der Waals surface area contributed by atoms with Gasteiger partial charge in [-0.05, 0) is 13.8 Å². The molecule has 4 nitrogen and oxygen atoms in total. The van der Waals surface area contributed by atoms with E-state index in [1.54, 1.807) is 17.5 Å². The first kappa shape index (κ1) is 9.36. The molecule has 0 unspecified atom stereocenters. The third-order valence-electron chi connectivity index (χ3n) is 2.25. The summed E-state index contributed by atoms with van der Waals surface area (Å²) in [5, 5.41) is 7.24. The molecule has 2 aromatic rings. The monoisotopic (exact) mass is 208 g/mol. The first-order chi connectivity index (χ1) is 6.74. The summed E-state index contributed by atoms with van der Waals surface area (Å²) in [5.41, 5.74) is 8.83. The van der Waals surface area contributed by atoms with Gasteiger partial charge in [0.15, 0.2) is 0 Å². The molecule has 0 radical (unpaired) electrons. The van der Waals surface area contributed by atoms with E-state index in [9.17, 15) is 0 Å². The molecule has 14 heavy (non-hydrogen) atoms. The minimum absolute atomic E-state index is 0.531. The minimum atomic E-state index is 0.531. The highest BCUT2D eigenvalue weighted by atomic mass is 32.1. The number of hydrogen-bond acceptors (Lipinski definition) is 4. The average molecular weight is 208 g/mol. The quantitative estimate of drug-likeness (QED) is 0.811. The average Bonchev–Trinajstić information content (AvgIpc) is 2.74. The van der Waals surface area contributed by atoms with Crippen LogP contribution in [0.3, 0.4) is 0 Å². The lowest BCUT2D eigenvalue weighted by atomic mass is 10.2. The zero-order valence-corrected chi connectivity index (χ0v) is 9.01. The normalized spacial score (nSPS) is 10.8. The highest BCUT2D eigenvalue weighted by Gasteiger charge is 2.12. The predicted octanol–water partition coefficient (Wildman–Crippen LogP) is 1.40. The molecule has 2 N–H and O–H groups in total. The number of nitrogens with zero attached hydrogens (tertiary/aromatic N) is 3. The fraction of sp³-hybridized carbons (Fsp3) is 0.333. The standard InChI is InChI=1S/C9H12N4S/c1-6-8(5-10)7(2)13(12-6)9-11-3-4-14-9/h3-4H,5,10H2,1-2H3. The van der Waals surface area contributed by atoms with E-state index in [0.717, 1.165) is 22.1 Å². The summed E-state index contributed by atoms with van der Waals surface area (Å²) < 4.78 is 1.85. The van der Waals surface area contributed by atoms with Gasteiger partial charge in [-0.25, -0.2) is 9.67 Å². The molecule has 5 heteroatoms. The van der Waals surface area contributed by atoms with Crippen LogP contribution < -0.4 is 5.73 Å². The van der Waals surface area contributed by atoms with Crippen LogP contribution in [0.15, 0.2) is 11.6 Å². The van der Waals surface area contributed by atoms with E-state index in [0.29, 0.717) is 6.54 Å². The lowest BCUT2D eigenvalue weighted by Gasteiger charge is -1.98. The van der Waals surface area contributed by atoms with Crippen LogP contribution in [0.5, 0.6) is 0 Å². The molecule has 0 aromatic carbocycles. The summed E-state index contributed by atoms with van der Waals surface area (Å²) in [5.74, 6) is 0. The summed E-state index contributed by atoms with van der Waals surface area (Å²) in [7, 11) is 0. The maximum absolute atomic E-state index is 5.65. The predicted molar refractivity (Wildman–Crippen MR) is 56.6 cm³/mol. The Morgan fingerprint density at radius 1 is 1.50 bits per heavy atom. The van der Waals surface area contributed by atoms with Gasteiger partial charge in [-0.1, -0.05) is 0 Å². The topological polar surface area (TPSA) is 56.7 Å². The number of hydrogen-bond donors (Lipinski definition) is 1. The van der Waals surface area contributed by atoms with Gasteiger partial charge in [-0.3, -0.25) is 0 Å². The summed E-state index contributed by atoms with van der Waals surface area (Å²) >= 11 is 1.57. The second-order valence-electron chi connectivity index (χ2n) is 3.08. The molecule has 0 spiro atoms. The Bertz CT molecular complexity index is 430. The fourth-order valence-electron chi connectivity index (χ4n) is 1.48. The first-order valence-electron chi connectivity index (χ1n) is 4.39. The second kappa shape index (κ2) is 3.51. The third-order valence-corrected chi connectivity index (χ3v) is 2.99. The van der Waals surface area contributed by atoms with E-state index in [2.05, 4.69) is 10.1 Å². The maximum Gasteiger partial charge on any atom is 0.210 e. The molecular formula is C9H12N4S. The molecule has 0 atom stereocenters. The zero-order chi connectivity index (χ0) is 10.1. The molecule has 0 aliphatic heterocycles. The molecule has 0 aliphatic rings. The molecule has 0 saturated heterocycles. The molecule has 2 heterocycles. The Morgan fingerprint density at radius 3 is 2.79 bits per heavy atom. The van der Waals surface area contributed by atoms with Crippen molar-refractivity contribution in [2.24, 2.45) is 5.73 Å². The molecule has 2 aromatic heterocycles. The number of thiazole rings is 1. The molecule has 0 saturated carbocycles. The minimum Gasteiger partial charge on any atom is -0.326 e. The van der Waals surface area contributed by atoms with Crippen molar-refractivity contribution >= 4 is 11.3 Å². The SMILES string of the molecule is Cc1nn(-c2nccs2)c(C)c1CN. The summed E-state index contributed by atoms with van der Waals surface area (Å²) in [6, 6.07) is 0. The van der Waals surface area contributed by atoms with Gasteiger partial charge in [0, 0.05) is 29.4 Å². The molecule has 0 fully saturated rings. The Hall–Kier alpha value is -1.20. The van der Waals surface area contributed by atoms with Crippen molar-refractivity contribution in [3.8, 4) is 5.13 Å². The number of aryl methyl sites for hydroxylation is 1. The third kappa shape index (κ3) is 1.34. The Morgan fingerprint density at radius 2 is 2.29 bits per heavy atom. The lowest BCUT2D eigenvalue weighted by Crippen LogP contribution is -2.01. The van der Waals surface area contributed by atoms with Crippen molar-refractivity contribution in [2.75, 3.05) is 0 Å². The van der Waals surface area contributed by atoms with Crippen LogP contribution in [-0.4, -0.2) is 14.8 Å². The first-order valence-corrected chi connectivity index (χ1v) is 5.27. The van der Waals surface area contributed by atoms with E-state index in [1.165, 1.54) is 0 Å². The molecule has 0 bridgehead atoms. The molecule has 0 aliphatic carbocycles. The Kier molecular flexibility index (Phi) is 2.35. The van der Waals surface area contributed by atoms with Crippen LogP contribution in [0.2, 0.25) is 0 Å². The smallest absolute Gasteiger partial charge is 0.210 e. The van der Waals surface area contributed by atoms with Crippen LogP contribution in [-0.2, 0) is 6.54 Å². The van der Waals surface area contributed by atoms with Crippen LogP contribution >= 0.6 is 11.3 Å². The summed E-state index contributed by atoms with van der Waals surface area (Å²) in [6.07, 6.45) is 1.78. The van der Waals surface area contributed by atoms with Crippen molar-refractivity contribution in [1.82, 2.24) is 14.8 Å². The van der Waals surface area contributed by atoms with Crippen LogP contribution in [0.25, 0.3) is 5.13 Å². The largest absolute Gasteiger partial charge is 0.326 e. The van der Waals surface area contributed by atoms with E-state index >= 15 is 0 Å². The number of aromatic nitrogens is 3. The highest BCUT2D eigenvalue weighted by Crippen LogP contribution is 2.18. The zero-order valence-electron chi connectivity index (χ0n) is 8.19. The van der Waals surface area contributed by atoms with E-state index in [4.69, 9.17) is 5.73 Å². The van der Waals surface area contributed by atoms with Crippen LogP contribution in [0, 0.1) is 13.8 Å². The van der Waals surface area contributed by atoms with Crippen molar-refractivity contribution in [1.29, 1.82) is 0 Å². The van der Waals surface area contributed by atoms with Crippen molar-refractivity contribution in [3.63, 3.8) is 0 Å². The maximum atomic E-state index is 5.65. The van der Waals surface area contributed by atoms with Gasteiger partial charge in [-0.15, -0.1) is 11.3 Å². The van der Waals surface area contributed by atoms with Crippen LogP contribution in [0.1, 0.15) is 17.0 Å². The molecule has 2 rings (SSSR count). The Balaban J connectivity index is 2.55. The van der Waals surface area contributed by atoms with Gasteiger partial charge < -0.3 is 5.73 Å². The molecular weight excluding hydrogens is 196 g/mol. The van der Waals surface area contributed by atoms with Crippen LogP contribution in [0.4, 0.5) is 0 Å². The van der Waals surface area contributed by atoms with Gasteiger partial charge in [0.2, 0.25) is 5.13 Å². The van der Waals surface area contributed by atoms with Crippen molar-refractivity contribution < 1.29 is 0 Å². The highest BCUT2D eigenvalue weighted by molar-refractivity contribution is 7.12. The Labute approximate surface area is 86.4 Å². The van der Waals surface area contributed by atoms with Gasteiger partial charge in [0.05, 0.1) is 5.69 Å². The molecule has 74 valence electrons. The van der Waals surface area contributed by atoms with Crippen molar-refractivity contribution in [2.45, 2.75) is 20.4 Å². The van der Waals surface area contributed by atoms with Gasteiger partial charge in [-0.2, -0.15) is 5.10 Å². The van der Waals surface area contributed by atoms with Gasteiger partial charge >= 0.3 is 0 Å². The molecule has 0 amide bonds. The van der Waals surface area contributed by atoms with Crippen molar-refractivity contribution in [3.05, 3.63) is 28.5 Å². The fourth-order valence-corrected chi connectivity index (χ4v) is 2.12. The summed E-state index contributed by atoms with van der Waals surface area (Å²) in [6.45, 7) is 4.52. The van der Waals surface area contributed by atoms with E-state index in [-0.39, 0.29) is 0 Å². The lowest BCUT2D eigenvalue weighted by molar-refractivity contribution is 0.824.